The van der Waals surface area contributed by atoms with E-state index in [9.17, 15) is 0 Å². The number of imidazole rings is 1. The first kappa shape index (κ1) is 19.9. The first-order valence-corrected chi connectivity index (χ1v) is 10.6. The van der Waals surface area contributed by atoms with Crippen molar-refractivity contribution < 1.29 is 4.57 Å². The van der Waals surface area contributed by atoms with Crippen LogP contribution >= 0.6 is 23.2 Å². The normalized spacial score (nSPS) is 15.3. The molecule has 2 aromatic carbocycles. The molecule has 4 nitrogen and oxygen atoms in total. The van der Waals surface area contributed by atoms with Crippen LogP contribution in [0.25, 0.3) is 17.1 Å². The van der Waals surface area contributed by atoms with E-state index in [1.165, 1.54) is 11.2 Å². The minimum absolute atomic E-state index is 0.751. The van der Waals surface area contributed by atoms with E-state index in [2.05, 4.69) is 77.2 Å². The lowest BCUT2D eigenvalue weighted by Gasteiger charge is -2.20. The van der Waals surface area contributed by atoms with Crippen molar-refractivity contribution in [1.82, 2.24) is 4.57 Å². The summed E-state index contributed by atoms with van der Waals surface area (Å²) in [7, 11) is 4.16. The molecule has 4 rings (SSSR count). The molecule has 0 bridgehead atoms. The number of anilines is 2. The molecule has 0 spiro atoms. The quantitative estimate of drug-likeness (QED) is 0.501. The van der Waals surface area contributed by atoms with Gasteiger partial charge in [0.2, 0.25) is 0 Å². The topological polar surface area (TPSA) is 15.3 Å². The van der Waals surface area contributed by atoms with Gasteiger partial charge in [-0.1, -0.05) is 29.3 Å². The number of halogens is 2. The Morgan fingerprint density at radius 3 is 2.41 bits per heavy atom. The molecule has 2 heterocycles. The molecular weight excluding hydrogens is 403 g/mol. The summed E-state index contributed by atoms with van der Waals surface area (Å²) >= 11 is 12.4. The lowest BCUT2D eigenvalue weighted by molar-refractivity contribution is -0.670. The van der Waals surface area contributed by atoms with Crippen LogP contribution in [-0.4, -0.2) is 18.2 Å². The molecule has 1 aliphatic heterocycles. The summed E-state index contributed by atoms with van der Waals surface area (Å²) in [4.78, 5) is 4.48. The minimum atomic E-state index is 0.751. The highest BCUT2D eigenvalue weighted by Gasteiger charge is 2.27. The third kappa shape index (κ3) is 3.30. The van der Waals surface area contributed by atoms with Gasteiger partial charge in [0, 0.05) is 35.8 Å². The Bertz CT molecular complexity index is 1140. The number of allylic oxidation sites excluding steroid dienone is 2. The van der Waals surface area contributed by atoms with Crippen LogP contribution in [0.4, 0.5) is 11.4 Å². The number of benzene rings is 2. The summed E-state index contributed by atoms with van der Waals surface area (Å²) < 4.78 is 4.48. The van der Waals surface area contributed by atoms with E-state index in [1.54, 1.807) is 0 Å². The Morgan fingerprint density at radius 2 is 1.69 bits per heavy atom. The molecule has 0 atom stereocenters. The molecule has 0 N–H and O–H groups in total. The van der Waals surface area contributed by atoms with Gasteiger partial charge in [0.1, 0.15) is 5.82 Å². The van der Waals surface area contributed by atoms with Gasteiger partial charge in [0.25, 0.3) is 5.82 Å². The van der Waals surface area contributed by atoms with Crippen molar-refractivity contribution >= 4 is 51.7 Å². The number of aryl methyl sites for hydroxylation is 2. The number of rotatable bonds is 4. The number of hydrogen-bond donors (Lipinski definition) is 0. The van der Waals surface area contributed by atoms with Crippen molar-refractivity contribution in [1.29, 1.82) is 0 Å². The Hall–Kier alpha value is -2.43. The summed E-state index contributed by atoms with van der Waals surface area (Å²) in [6.07, 6.45) is 6.42. The van der Waals surface area contributed by atoms with Crippen LogP contribution in [0.3, 0.4) is 0 Å². The van der Waals surface area contributed by atoms with E-state index in [1.807, 2.05) is 24.3 Å². The van der Waals surface area contributed by atoms with Gasteiger partial charge in [0.05, 0.1) is 25.0 Å². The van der Waals surface area contributed by atoms with Crippen molar-refractivity contribution in [2.24, 2.45) is 7.05 Å². The van der Waals surface area contributed by atoms with Crippen LogP contribution in [0.5, 0.6) is 0 Å². The molecule has 0 aliphatic carbocycles. The third-order valence-corrected chi connectivity index (χ3v) is 6.01. The molecular formula is C23H25Cl2N4+. The maximum absolute atomic E-state index is 6.22. The zero-order valence-corrected chi connectivity index (χ0v) is 18.7. The number of hydrogen-bond acceptors (Lipinski definition) is 2. The molecule has 0 radical (unpaired) electrons. The van der Waals surface area contributed by atoms with Crippen molar-refractivity contribution in [3.8, 4) is 0 Å². The number of aromatic nitrogens is 2. The highest BCUT2D eigenvalue weighted by molar-refractivity contribution is 6.31. The average Bonchev–Trinajstić information content (AvgIpc) is 3.13. The molecule has 3 aromatic rings. The molecule has 29 heavy (non-hydrogen) atoms. The molecule has 1 aromatic heterocycles. The zero-order valence-electron chi connectivity index (χ0n) is 17.2. The van der Waals surface area contributed by atoms with E-state index in [0.29, 0.717) is 0 Å². The predicted molar refractivity (Wildman–Crippen MR) is 124 cm³/mol. The van der Waals surface area contributed by atoms with Crippen LogP contribution < -0.4 is 14.4 Å². The second kappa shape index (κ2) is 7.77. The highest BCUT2D eigenvalue weighted by atomic mass is 35.5. The molecule has 0 unspecified atom stereocenters. The van der Waals surface area contributed by atoms with E-state index < -0.39 is 0 Å². The molecule has 6 heteroatoms. The Labute approximate surface area is 181 Å². The molecule has 0 saturated carbocycles. The third-order valence-electron chi connectivity index (χ3n) is 5.54. The Morgan fingerprint density at radius 1 is 0.966 bits per heavy atom. The Balaban J connectivity index is 1.73. The van der Waals surface area contributed by atoms with E-state index in [-0.39, 0.29) is 0 Å². The van der Waals surface area contributed by atoms with Crippen molar-refractivity contribution in [3.63, 3.8) is 0 Å². The van der Waals surface area contributed by atoms with Crippen LogP contribution in [0.2, 0.25) is 10.0 Å². The average molecular weight is 428 g/mol. The summed E-state index contributed by atoms with van der Waals surface area (Å²) in [5, 5.41) is 1.50. The Kier molecular flexibility index (Phi) is 5.32. The molecule has 0 amide bonds. The van der Waals surface area contributed by atoms with Gasteiger partial charge in [-0.2, -0.15) is 0 Å². The maximum Gasteiger partial charge on any atom is 0.282 e. The van der Waals surface area contributed by atoms with E-state index in [4.69, 9.17) is 23.2 Å². The molecule has 0 fully saturated rings. The van der Waals surface area contributed by atoms with Crippen molar-refractivity contribution in [2.75, 3.05) is 23.4 Å². The van der Waals surface area contributed by atoms with Gasteiger partial charge in [-0.05, 0) is 50.3 Å². The smallest absolute Gasteiger partial charge is 0.282 e. The van der Waals surface area contributed by atoms with Gasteiger partial charge in [-0.3, -0.25) is 0 Å². The van der Waals surface area contributed by atoms with Crippen molar-refractivity contribution in [3.05, 3.63) is 70.2 Å². The molecule has 1 aliphatic rings. The standard InChI is InChI=1S/C23H25Cl2N4/c1-5-28-18-12-10-16(24)14-20(18)26(3)22(28)8-7-9-23-27(4)21-15-17(25)11-13-19(21)29(23)6-2/h7-15H,5-6H2,1-4H3/q+1. The van der Waals surface area contributed by atoms with Gasteiger partial charge in [0.15, 0.2) is 11.0 Å². The van der Waals surface area contributed by atoms with Gasteiger partial charge in [-0.25, -0.2) is 9.13 Å². The van der Waals surface area contributed by atoms with E-state index in [0.717, 1.165) is 46.0 Å². The second-order valence-electron chi connectivity index (χ2n) is 7.11. The van der Waals surface area contributed by atoms with Crippen LogP contribution in [0.15, 0.2) is 54.4 Å². The van der Waals surface area contributed by atoms with E-state index >= 15 is 0 Å². The lowest BCUT2D eigenvalue weighted by Crippen LogP contribution is -2.34. The summed E-state index contributed by atoms with van der Waals surface area (Å²) in [5.74, 6) is 2.26. The maximum atomic E-state index is 6.22. The molecule has 150 valence electrons. The van der Waals surface area contributed by atoms with Gasteiger partial charge < -0.3 is 9.80 Å². The monoisotopic (exact) mass is 427 g/mol. The number of nitrogens with zero attached hydrogens (tertiary/aromatic N) is 4. The fourth-order valence-electron chi connectivity index (χ4n) is 4.13. The lowest BCUT2D eigenvalue weighted by atomic mass is 10.2. The summed E-state index contributed by atoms with van der Waals surface area (Å²) in [5.41, 5.74) is 4.62. The van der Waals surface area contributed by atoms with Crippen molar-refractivity contribution in [2.45, 2.75) is 20.4 Å². The van der Waals surface area contributed by atoms with Crippen LogP contribution in [0, 0.1) is 0 Å². The van der Waals surface area contributed by atoms with Gasteiger partial charge >= 0.3 is 0 Å². The SMILES string of the molecule is CCN1C(=CC=Cc2n(C)c3cc(Cl)ccc3[n+]2CC)N(C)c2cc(Cl)ccc21. The first-order chi connectivity index (χ1) is 14.0. The summed E-state index contributed by atoms with van der Waals surface area (Å²) in [6, 6.07) is 12.1. The number of fused-ring (bicyclic) bond motifs is 2. The van der Waals surface area contributed by atoms with Gasteiger partial charge in [-0.15, -0.1) is 0 Å². The fraction of sp³-hybridized carbons (Fsp3) is 0.261. The summed E-state index contributed by atoms with van der Waals surface area (Å²) in [6.45, 7) is 6.10. The first-order valence-electron chi connectivity index (χ1n) is 9.83. The highest BCUT2D eigenvalue weighted by Crippen LogP contribution is 2.41. The molecule has 0 saturated heterocycles. The fourth-order valence-corrected chi connectivity index (χ4v) is 4.46. The largest absolute Gasteiger partial charge is 0.329 e. The second-order valence-corrected chi connectivity index (χ2v) is 7.99. The minimum Gasteiger partial charge on any atom is -0.329 e. The zero-order chi connectivity index (χ0) is 20.7. The van der Waals surface area contributed by atoms with Crippen LogP contribution in [-0.2, 0) is 13.6 Å². The van der Waals surface area contributed by atoms with Crippen LogP contribution in [0.1, 0.15) is 19.7 Å². The predicted octanol–water partition coefficient (Wildman–Crippen LogP) is 5.62.